The molecule has 0 radical (unpaired) electrons. The molecule has 25 heavy (non-hydrogen) atoms. The third-order valence-electron chi connectivity index (χ3n) is 4.31. The molecule has 1 aromatic carbocycles. The third-order valence-corrected chi connectivity index (χ3v) is 5.64. The molecule has 0 spiro atoms. The van der Waals surface area contributed by atoms with E-state index in [1.165, 1.54) is 6.42 Å². The predicted molar refractivity (Wildman–Crippen MR) is 104 cm³/mol. The maximum Gasteiger partial charge on any atom is 0.319 e. The Hall–Kier alpha value is -1.71. The normalized spacial score (nSPS) is 16.8. The average Bonchev–Trinajstić information content (AvgIpc) is 2.62. The number of likely N-dealkylation sites (tertiary alicyclic amines) is 1. The lowest BCUT2D eigenvalue weighted by molar-refractivity contribution is 0.196. The molecular formula is C19H28N4OS. The molecule has 6 heteroatoms. The molecule has 1 aromatic rings. The van der Waals surface area contributed by atoms with Crippen molar-refractivity contribution >= 4 is 23.5 Å². The highest BCUT2D eigenvalue weighted by Crippen LogP contribution is 2.28. The fraction of sp³-hybridized carbons (Fsp3) is 0.579. The summed E-state index contributed by atoms with van der Waals surface area (Å²) in [6.07, 6.45) is 3.18. The second-order valence-electron chi connectivity index (χ2n) is 6.55. The van der Waals surface area contributed by atoms with Gasteiger partial charge in [0.15, 0.2) is 0 Å². The molecule has 0 bridgehead atoms. The van der Waals surface area contributed by atoms with E-state index < -0.39 is 0 Å². The summed E-state index contributed by atoms with van der Waals surface area (Å²) in [7, 11) is 0. The van der Waals surface area contributed by atoms with E-state index in [9.17, 15) is 4.79 Å². The fourth-order valence-electron chi connectivity index (χ4n) is 2.91. The van der Waals surface area contributed by atoms with Crippen LogP contribution in [-0.2, 0) is 0 Å². The van der Waals surface area contributed by atoms with Crippen LogP contribution in [0.15, 0.2) is 29.2 Å². The second-order valence-corrected chi connectivity index (χ2v) is 7.61. The molecule has 0 aliphatic carbocycles. The summed E-state index contributed by atoms with van der Waals surface area (Å²) in [6.45, 7) is 7.35. The van der Waals surface area contributed by atoms with Gasteiger partial charge in [0, 0.05) is 29.8 Å². The van der Waals surface area contributed by atoms with Gasteiger partial charge in [0.1, 0.15) is 0 Å². The number of benzene rings is 1. The number of nitrogens with zero attached hydrogens (tertiary/aromatic N) is 2. The van der Waals surface area contributed by atoms with E-state index in [0.717, 1.165) is 43.1 Å². The number of amides is 2. The fourth-order valence-corrected chi connectivity index (χ4v) is 3.86. The first-order valence-electron chi connectivity index (χ1n) is 9.03. The van der Waals surface area contributed by atoms with E-state index in [0.29, 0.717) is 5.75 Å². The van der Waals surface area contributed by atoms with E-state index >= 15 is 0 Å². The van der Waals surface area contributed by atoms with Crippen LogP contribution in [0.2, 0.25) is 0 Å². The van der Waals surface area contributed by atoms with Crippen LogP contribution in [-0.4, -0.2) is 42.4 Å². The van der Waals surface area contributed by atoms with Crippen molar-refractivity contribution in [3.8, 4) is 6.07 Å². The number of hydrogen-bond donors (Lipinski definition) is 2. The lowest BCUT2D eigenvalue weighted by atomic mass is 10.1. The molecule has 0 saturated carbocycles. The summed E-state index contributed by atoms with van der Waals surface area (Å²) in [5.41, 5.74) is 0.804. The second kappa shape index (κ2) is 10.3. The quantitative estimate of drug-likeness (QED) is 0.723. The maximum absolute atomic E-state index is 12.3. The Bertz CT molecular complexity index is 593. The van der Waals surface area contributed by atoms with Crippen LogP contribution in [0.5, 0.6) is 0 Å². The first-order valence-corrected chi connectivity index (χ1v) is 10.0. The van der Waals surface area contributed by atoms with Gasteiger partial charge in [-0.25, -0.2) is 4.79 Å². The van der Waals surface area contributed by atoms with Crippen LogP contribution in [0.25, 0.3) is 0 Å². The Balaban J connectivity index is 1.83. The Morgan fingerprint density at radius 3 is 2.80 bits per heavy atom. The molecule has 2 rings (SSSR count). The van der Waals surface area contributed by atoms with Crippen molar-refractivity contribution in [1.29, 1.82) is 5.26 Å². The minimum Gasteiger partial charge on any atom is -0.335 e. The van der Waals surface area contributed by atoms with Gasteiger partial charge in [0.25, 0.3) is 0 Å². The Morgan fingerprint density at radius 2 is 2.12 bits per heavy atom. The molecule has 1 aliphatic heterocycles. The van der Waals surface area contributed by atoms with Crippen LogP contribution in [0.1, 0.15) is 33.1 Å². The zero-order valence-electron chi connectivity index (χ0n) is 15.1. The molecular weight excluding hydrogens is 332 g/mol. The number of hydrogen-bond acceptors (Lipinski definition) is 4. The molecule has 1 unspecified atom stereocenters. The SMILES string of the molecule is CCCN1CCC(NC(=O)Nc2ccccc2SCC(C)C#N)CC1. The van der Waals surface area contributed by atoms with Crippen molar-refractivity contribution in [2.24, 2.45) is 5.92 Å². The van der Waals surface area contributed by atoms with E-state index in [4.69, 9.17) is 5.26 Å². The first-order chi connectivity index (χ1) is 12.1. The zero-order chi connectivity index (χ0) is 18.1. The van der Waals surface area contributed by atoms with Crippen molar-refractivity contribution in [3.05, 3.63) is 24.3 Å². The maximum atomic E-state index is 12.3. The standard InChI is InChI=1S/C19H28N4OS/c1-3-10-23-11-8-16(9-12-23)21-19(24)22-17-6-4-5-7-18(17)25-14-15(2)13-20/h4-7,15-16H,3,8-12,14H2,1-2H3,(H2,21,22,24). The number of carbonyl (C=O) groups excluding carboxylic acids is 1. The zero-order valence-corrected chi connectivity index (χ0v) is 15.9. The minimum absolute atomic E-state index is 0.0137. The number of nitriles is 1. The predicted octanol–water partition coefficient (Wildman–Crippen LogP) is 3.93. The average molecular weight is 361 g/mol. The summed E-state index contributed by atoms with van der Waals surface area (Å²) in [5, 5.41) is 15.0. The number of nitrogens with one attached hydrogen (secondary N) is 2. The molecule has 1 fully saturated rings. The van der Waals surface area contributed by atoms with Crippen LogP contribution >= 0.6 is 11.8 Å². The molecule has 1 heterocycles. The Labute approximate surface area is 155 Å². The van der Waals surface area contributed by atoms with Crippen LogP contribution in [0, 0.1) is 17.2 Å². The number of piperidine rings is 1. The van der Waals surface area contributed by atoms with Gasteiger partial charge in [-0.2, -0.15) is 5.26 Å². The topological polar surface area (TPSA) is 68.2 Å². The summed E-state index contributed by atoms with van der Waals surface area (Å²) >= 11 is 1.60. The number of thioether (sulfide) groups is 1. The highest BCUT2D eigenvalue weighted by atomic mass is 32.2. The smallest absolute Gasteiger partial charge is 0.319 e. The Kier molecular flexibility index (Phi) is 8.10. The summed E-state index contributed by atoms with van der Waals surface area (Å²) < 4.78 is 0. The molecule has 136 valence electrons. The van der Waals surface area contributed by atoms with Crippen molar-refractivity contribution < 1.29 is 4.79 Å². The number of carbonyl (C=O) groups is 1. The van der Waals surface area contributed by atoms with Gasteiger partial charge in [-0.15, -0.1) is 11.8 Å². The number of urea groups is 1. The largest absolute Gasteiger partial charge is 0.335 e. The monoisotopic (exact) mass is 360 g/mol. The molecule has 5 nitrogen and oxygen atoms in total. The highest BCUT2D eigenvalue weighted by Gasteiger charge is 2.20. The van der Waals surface area contributed by atoms with E-state index in [2.05, 4.69) is 28.5 Å². The lowest BCUT2D eigenvalue weighted by Gasteiger charge is -2.32. The van der Waals surface area contributed by atoms with Crippen molar-refractivity contribution in [2.75, 3.05) is 30.7 Å². The van der Waals surface area contributed by atoms with Gasteiger partial charge in [0.2, 0.25) is 0 Å². The summed E-state index contributed by atoms with van der Waals surface area (Å²) in [6, 6.07) is 10.1. The molecule has 2 amide bonds. The van der Waals surface area contributed by atoms with Crippen molar-refractivity contribution in [3.63, 3.8) is 0 Å². The third kappa shape index (κ3) is 6.60. The van der Waals surface area contributed by atoms with Crippen LogP contribution in [0.4, 0.5) is 10.5 Å². The highest BCUT2D eigenvalue weighted by molar-refractivity contribution is 7.99. The van der Waals surface area contributed by atoms with E-state index in [-0.39, 0.29) is 18.0 Å². The molecule has 0 aromatic heterocycles. The van der Waals surface area contributed by atoms with Gasteiger partial charge in [0.05, 0.1) is 17.7 Å². The van der Waals surface area contributed by atoms with Gasteiger partial charge < -0.3 is 15.5 Å². The number of anilines is 1. The van der Waals surface area contributed by atoms with Crippen LogP contribution < -0.4 is 10.6 Å². The Morgan fingerprint density at radius 1 is 1.40 bits per heavy atom. The summed E-state index contributed by atoms with van der Waals surface area (Å²) in [5.74, 6) is 0.701. The van der Waals surface area contributed by atoms with E-state index in [1.807, 2.05) is 31.2 Å². The van der Waals surface area contributed by atoms with E-state index in [1.54, 1.807) is 11.8 Å². The molecule has 1 aliphatic rings. The van der Waals surface area contributed by atoms with Crippen molar-refractivity contribution in [1.82, 2.24) is 10.2 Å². The van der Waals surface area contributed by atoms with Crippen molar-refractivity contribution in [2.45, 2.75) is 44.0 Å². The van der Waals surface area contributed by atoms with Gasteiger partial charge in [-0.3, -0.25) is 0 Å². The van der Waals surface area contributed by atoms with Gasteiger partial charge in [-0.05, 0) is 44.9 Å². The first kappa shape index (κ1) is 19.6. The minimum atomic E-state index is -0.143. The summed E-state index contributed by atoms with van der Waals surface area (Å²) in [4.78, 5) is 15.8. The van der Waals surface area contributed by atoms with Gasteiger partial charge >= 0.3 is 6.03 Å². The molecule has 2 N–H and O–H groups in total. The lowest BCUT2D eigenvalue weighted by Crippen LogP contribution is -2.46. The number of rotatable bonds is 7. The van der Waals surface area contributed by atoms with Crippen LogP contribution in [0.3, 0.4) is 0 Å². The molecule has 1 saturated heterocycles. The van der Waals surface area contributed by atoms with Gasteiger partial charge in [-0.1, -0.05) is 19.1 Å². The number of para-hydroxylation sites is 1. The molecule has 1 atom stereocenters.